The molecule has 0 aliphatic heterocycles. The van der Waals surface area contributed by atoms with Crippen LogP contribution in [-0.2, 0) is 0 Å². The molecular weight excluding hydrogens is 371 g/mol. The van der Waals surface area contributed by atoms with E-state index in [1.165, 1.54) is 0 Å². The molecule has 84 valence electrons. The maximum absolute atomic E-state index is 12.9. The summed E-state index contributed by atoms with van der Waals surface area (Å²) in [5.74, 6) is -2.16. The van der Waals surface area contributed by atoms with Gasteiger partial charge in [0.25, 0.3) is 0 Å². The molecule has 15 heavy (non-hydrogen) atoms. The summed E-state index contributed by atoms with van der Waals surface area (Å²) in [6.07, 6.45) is 0. The lowest BCUT2D eigenvalue weighted by atomic mass is 10.3. The predicted molar refractivity (Wildman–Crippen MR) is 53.7 cm³/mol. The van der Waals surface area contributed by atoms with E-state index in [9.17, 15) is 22.0 Å². The number of benzene rings is 1. The van der Waals surface area contributed by atoms with Crippen molar-refractivity contribution in [1.82, 2.24) is 0 Å². The van der Waals surface area contributed by atoms with Gasteiger partial charge in [-0.15, -0.1) is 0 Å². The third-order valence-electron chi connectivity index (χ3n) is 1.29. The van der Waals surface area contributed by atoms with Gasteiger partial charge >= 0.3 is 5.51 Å². The minimum Gasteiger partial charge on any atom is -0.206 e. The van der Waals surface area contributed by atoms with E-state index >= 15 is 0 Å². The predicted octanol–water partition coefficient (Wildman–Crippen LogP) is 5.10. The molecule has 0 radical (unpaired) electrons. The molecule has 0 atom stereocenters. The average molecular weight is 372 g/mol. The molecule has 8 heteroatoms. The summed E-state index contributed by atoms with van der Waals surface area (Å²) in [7, 11) is 0. The van der Waals surface area contributed by atoms with E-state index in [1.54, 1.807) is 0 Å². The lowest BCUT2D eigenvalue weighted by molar-refractivity contribution is -0.0328. The van der Waals surface area contributed by atoms with E-state index in [2.05, 4.69) is 31.9 Å². The molecule has 0 saturated carbocycles. The van der Waals surface area contributed by atoms with E-state index in [0.29, 0.717) is 6.07 Å². The first-order valence-corrected chi connectivity index (χ1v) is 5.71. The summed E-state index contributed by atoms with van der Waals surface area (Å²) in [4.78, 5) is -0.569. The second-order valence-corrected chi connectivity index (χ2v) is 5.01. The maximum atomic E-state index is 12.9. The van der Waals surface area contributed by atoms with Crippen LogP contribution >= 0.6 is 43.6 Å². The van der Waals surface area contributed by atoms with Crippen LogP contribution in [0.3, 0.4) is 0 Å². The number of alkyl halides is 3. The highest BCUT2D eigenvalue weighted by molar-refractivity contribution is 9.11. The SMILES string of the molecule is Fc1cc(F)c(Br)c(SC(F)(F)F)c1Br. The van der Waals surface area contributed by atoms with Crippen molar-refractivity contribution in [2.24, 2.45) is 0 Å². The Morgan fingerprint density at radius 3 is 1.73 bits per heavy atom. The molecule has 0 bridgehead atoms. The highest BCUT2D eigenvalue weighted by Gasteiger charge is 2.33. The first-order chi connectivity index (χ1) is 6.72. The van der Waals surface area contributed by atoms with Gasteiger partial charge in [-0.1, -0.05) is 0 Å². The van der Waals surface area contributed by atoms with Crippen LogP contribution in [0.5, 0.6) is 0 Å². The topological polar surface area (TPSA) is 0 Å². The molecule has 0 nitrogen and oxygen atoms in total. The monoisotopic (exact) mass is 370 g/mol. The number of hydrogen-bond acceptors (Lipinski definition) is 1. The first-order valence-electron chi connectivity index (χ1n) is 3.31. The first kappa shape index (κ1) is 13.2. The molecular formula is C7HBr2F5S. The number of hydrogen-bond donors (Lipinski definition) is 0. The second kappa shape index (κ2) is 4.58. The zero-order valence-electron chi connectivity index (χ0n) is 6.63. The van der Waals surface area contributed by atoms with Gasteiger partial charge in [0.15, 0.2) is 0 Å². The van der Waals surface area contributed by atoms with Crippen molar-refractivity contribution in [2.75, 3.05) is 0 Å². The van der Waals surface area contributed by atoms with Gasteiger partial charge in [0.2, 0.25) is 0 Å². The van der Waals surface area contributed by atoms with Crippen LogP contribution < -0.4 is 0 Å². The molecule has 0 fully saturated rings. The van der Waals surface area contributed by atoms with Crippen molar-refractivity contribution in [1.29, 1.82) is 0 Å². The van der Waals surface area contributed by atoms with Crippen LogP contribution in [0.1, 0.15) is 0 Å². The average Bonchev–Trinajstić information content (AvgIpc) is 2.08. The Bertz CT molecular complexity index is 364. The van der Waals surface area contributed by atoms with Gasteiger partial charge in [0.05, 0.1) is 13.8 Å². The van der Waals surface area contributed by atoms with Crippen LogP contribution in [-0.4, -0.2) is 5.51 Å². The van der Waals surface area contributed by atoms with Gasteiger partial charge in [-0.3, -0.25) is 0 Å². The van der Waals surface area contributed by atoms with Gasteiger partial charge in [-0.25, -0.2) is 8.78 Å². The Balaban J connectivity index is 3.27. The van der Waals surface area contributed by atoms with Gasteiger partial charge in [0.1, 0.15) is 11.6 Å². The number of halogens is 7. The summed E-state index contributed by atoms with van der Waals surface area (Å²) >= 11 is 4.66. The minimum atomic E-state index is -4.61. The van der Waals surface area contributed by atoms with Crippen molar-refractivity contribution in [2.45, 2.75) is 10.4 Å². The van der Waals surface area contributed by atoms with Crippen molar-refractivity contribution in [3.8, 4) is 0 Å². The van der Waals surface area contributed by atoms with Crippen molar-refractivity contribution in [3.63, 3.8) is 0 Å². The van der Waals surface area contributed by atoms with Crippen LogP contribution in [0, 0.1) is 11.6 Å². The molecule has 0 aromatic heterocycles. The van der Waals surface area contributed by atoms with Gasteiger partial charge < -0.3 is 0 Å². The summed E-state index contributed by atoms with van der Waals surface area (Å²) in [6.45, 7) is 0. The molecule has 0 N–H and O–H groups in total. The molecule has 0 amide bonds. The zero-order valence-corrected chi connectivity index (χ0v) is 10.6. The zero-order chi connectivity index (χ0) is 11.8. The van der Waals surface area contributed by atoms with E-state index < -0.39 is 42.7 Å². The summed E-state index contributed by atoms with van der Waals surface area (Å²) in [5.41, 5.74) is -4.61. The van der Waals surface area contributed by atoms with Gasteiger partial charge in [-0.2, -0.15) is 13.2 Å². The fourth-order valence-electron chi connectivity index (χ4n) is 0.757. The Kier molecular flexibility index (Phi) is 4.05. The molecule has 1 aromatic rings. The van der Waals surface area contributed by atoms with Crippen molar-refractivity contribution >= 4 is 43.6 Å². The van der Waals surface area contributed by atoms with Crippen molar-refractivity contribution in [3.05, 3.63) is 26.6 Å². The van der Waals surface area contributed by atoms with E-state index in [4.69, 9.17) is 0 Å². The van der Waals surface area contributed by atoms with Crippen LogP contribution in [0.15, 0.2) is 19.9 Å². The molecule has 0 spiro atoms. The second-order valence-electron chi connectivity index (χ2n) is 2.35. The summed E-state index contributed by atoms with van der Waals surface area (Å²) < 4.78 is 61.1. The van der Waals surface area contributed by atoms with E-state index in [1.807, 2.05) is 0 Å². The molecule has 0 aliphatic carbocycles. The normalized spacial score (nSPS) is 11.9. The fraction of sp³-hybridized carbons (Fsp3) is 0.143. The molecule has 1 aromatic carbocycles. The molecule has 0 unspecified atom stereocenters. The van der Waals surface area contributed by atoms with Crippen LogP contribution in [0.4, 0.5) is 22.0 Å². The largest absolute Gasteiger partial charge is 0.446 e. The quantitative estimate of drug-likeness (QED) is 0.376. The third-order valence-corrected chi connectivity index (χ3v) is 4.21. The molecule has 1 rings (SSSR count). The third kappa shape index (κ3) is 3.32. The van der Waals surface area contributed by atoms with Crippen molar-refractivity contribution < 1.29 is 22.0 Å². The standard InChI is InChI=1S/C7HBr2F5S/c8-4-2(10)1-3(11)5(9)6(4)15-7(12,13)14/h1H. The summed E-state index contributed by atoms with van der Waals surface area (Å²) in [6, 6.07) is 0.495. The highest BCUT2D eigenvalue weighted by atomic mass is 79.9. The summed E-state index contributed by atoms with van der Waals surface area (Å²) in [5, 5.41) is 0. The molecule has 0 saturated heterocycles. The number of rotatable bonds is 1. The molecule has 0 aliphatic rings. The van der Waals surface area contributed by atoms with Crippen LogP contribution in [0.2, 0.25) is 0 Å². The van der Waals surface area contributed by atoms with Gasteiger partial charge in [-0.05, 0) is 43.6 Å². The van der Waals surface area contributed by atoms with E-state index in [0.717, 1.165) is 0 Å². The maximum Gasteiger partial charge on any atom is 0.446 e. The Morgan fingerprint density at radius 2 is 1.40 bits per heavy atom. The smallest absolute Gasteiger partial charge is 0.206 e. The lowest BCUT2D eigenvalue weighted by Crippen LogP contribution is -2.01. The minimum absolute atomic E-state index is 0.418. The van der Waals surface area contributed by atoms with Gasteiger partial charge in [0, 0.05) is 6.07 Å². The Hall–Kier alpha value is 0.180. The Morgan fingerprint density at radius 1 is 1.00 bits per heavy atom. The number of thioether (sulfide) groups is 1. The van der Waals surface area contributed by atoms with E-state index in [-0.39, 0.29) is 0 Å². The van der Waals surface area contributed by atoms with Crippen LogP contribution in [0.25, 0.3) is 0 Å². The highest BCUT2D eigenvalue weighted by Crippen LogP contribution is 2.45. The Labute approximate surface area is 102 Å². The molecule has 0 heterocycles. The lowest BCUT2D eigenvalue weighted by Gasteiger charge is -2.10. The fourth-order valence-corrected chi connectivity index (χ4v) is 2.74.